The molecular formula is C42H32Br2. The average molecular weight is 697 g/mol. The van der Waals surface area contributed by atoms with Gasteiger partial charge in [-0.25, -0.2) is 0 Å². The first kappa shape index (κ1) is 29.9. The average Bonchev–Trinajstić information content (AvgIpc) is 3.08. The van der Waals surface area contributed by atoms with Crippen molar-refractivity contribution in [3.8, 4) is 56.3 Å². The molecule has 0 aliphatic carbocycles. The van der Waals surface area contributed by atoms with Crippen molar-refractivity contribution in [1.82, 2.24) is 0 Å². The van der Waals surface area contributed by atoms with Crippen LogP contribution in [0.25, 0.3) is 44.5 Å². The Labute approximate surface area is 278 Å². The molecule has 0 saturated heterocycles. The fraction of sp³-hybridized carbons (Fsp3) is 0.0952. The number of alkyl halides is 2. The molecule has 2 heteroatoms. The molecule has 6 aromatic rings. The van der Waals surface area contributed by atoms with Gasteiger partial charge in [-0.15, -0.1) is 0 Å². The van der Waals surface area contributed by atoms with Crippen molar-refractivity contribution in [1.29, 1.82) is 0 Å². The third-order valence-corrected chi connectivity index (χ3v) is 9.30. The molecule has 0 bridgehead atoms. The quantitative estimate of drug-likeness (QED) is 0.120. The van der Waals surface area contributed by atoms with Crippen molar-refractivity contribution in [2.75, 3.05) is 0 Å². The highest BCUT2D eigenvalue weighted by atomic mass is 79.9. The molecule has 0 spiro atoms. The highest BCUT2D eigenvalue weighted by molar-refractivity contribution is 9.08. The number of hydrogen-bond donors (Lipinski definition) is 0. The molecule has 0 fully saturated rings. The molecule has 0 radical (unpaired) electrons. The van der Waals surface area contributed by atoms with Gasteiger partial charge in [0, 0.05) is 21.8 Å². The van der Waals surface area contributed by atoms with Gasteiger partial charge in [0.1, 0.15) is 0 Å². The number of aryl methyl sites for hydroxylation is 2. The van der Waals surface area contributed by atoms with Crippen LogP contribution in [0.2, 0.25) is 0 Å². The van der Waals surface area contributed by atoms with Crippen LogP contribution >= 0.6 is 31.9 Å². The van der Waals surface area contributed by atoms with Crippen LogP contribution in [0.5, 0.6) is 0 Å². The van der Waals surface area contributed by atoms with Gasteiger partial charge in [0.05, 0.1) is 0 Å². The minimum absolute atomic E-state index is 0.832. The largest absolute Gasteiger partial charge is 0.0876 e. The Hall–Kier alpha value is -4.16. The Bertz CT molecular complexity index is 1810. The summed E-state index contributed by atoms with van der Waals surface area (Å²) in [6.45, 7) is 4.25. The van der Waals surface area contributed by atoms with Crippen molar-refractivity contribution in [3.05, 3.63) is 167 Å². The molecule has 44 heavy (non-hydrogen) atoms. The summed E-state index contributed by atoms with van der Waals surface area (Å²) in [5.74, 6) is 7.45. The summed E-state index contributed by atoms with van der Waals surface area (Å²) in [5, 5.41) is 1.66. The Balaban J connectivity index is 1.60. The lowest BCUT2D eigenvalue weighted by Gasteiger charge is -2.14. The molecule has 0 nitrogen and oxygen atoms in total. The van der Waals surface area contributed by atoms with E-state index in [4.69, 9.17) is 0 Å². The van der Waals surface area contributed by atoms with Gasteiger partial charge in [-0.3, -0.25) is 0 Å². The number of halogens is 2. The highest BCUT2D eigenvalue weighted by Gasteiger charge is 2.14. The molecule has 0 aromatic heterocycles. The van der Waals surface area contributed by atoms with Crippen LogP contribution in [0.1, 0.15) is 33.4 Å². The molecule has 0 atom stereocenters. The van der Waals surface area contributed by atoms with Crippen molar-refractivity contribution < 1.29 is 0 Å². The highest BCUT2D eigenvalue weighted by Crippen LogP contribution is 2.35. The summed E-state index contributed by atoms with van der Waals surface area (Å²) >= 11 is 7.18. The Morgan fingerprint density at radius 3 is 0.932 bits per heavy atom. The van der Waals surface area contributed by atoms with Crippen LogP contribution in [0.3, 0.4) is 0 Å². The summed E-state index contributed by atoms with van der Waals surface area (Å²) in [6, 6.07) is 48.1. The SMILES string of the molecule is Cc1ccc(-c2cccc(-c3ccc(CBr)cc3)c2C#Cc2c(-c3ccc(C)cc3)cccc2-c2ccc(CBr)cc2)cc1. The lowest BCUT2D eigenvalue weighted by atomic mass is 9.89. The van der Waals surface area contributed by atoms with Gasteiger partial charge in [0.25, 0.3) is 0 Å². The molecule has 0 unspecified atom stereocenters. The Morgan fingerprint density at radius 2 is 0.659 bits per heavy atom. The smallest absolute Gasteiger partial charge is 0.0405 e. The minimum Gasteiger partial charge on any atom is -0.0876 e. The zero-order valence-electron chi connectivity index (χ0n) is 24.9. The van der Waals surface area contributed by atoms with E-state index in [-0.39, 0.29) is 0 Å². The fourth-order valence-corrected chi connectivity index (χ4v) is 6.22. The van der Waals surface area contributed by atoms with E-state index < -0.39 is 0 Å². The Morgan fingerprint density at radius 1 is 0.386 bits per heavy atom. The zero-order chi connectivity index (χ0) is 30.5. The van der Waals surface area contributed by atoms with Crippen molar-refractivity contribution in [2.45, 2.75) is 24.5 Å². The molecular weight excluding hydrogens is 664 g/mol. The van der Waals surface area contributed by atoms with Gasteiger partial charge in [-0.2, -0.15) is 0 Å². The molecule has 214 valence electrons. The van der Waals surface area contributed by atoms with E-state index in [2.05, 4.69) is 191 Å². The van der Waals surface area contributed by atoms with Crippen molar-refractivity contribution in [2.24, 2.45) is 0 Å². The van der Waals surface area contributed by atoms with E-state index in [0.29, 0.717) is 0 Å². The lowest BCUT2D eigenvalue weighted by Crippen LogP contribution is -1.93. The number of hydrogen-bond acceptors (Lipinski definition) is 0. The van der Waals surface area contributed by atoms with Gasteiger partial charge < -0.3 is 0 Å². The monoisotopic (exact) mass is 694 g/mol. The second kappa shape index (κ2) is 13.6. The molecule has 6 rings (SSSR count). The topological polar surface area (TPSA) is 0 Å². The van der Waals surface area contributed by atoms with Gasteiger partial charge >= 0.3 is 0 Å². The Kier molecular flexibility index (Phi) is 9.27. The summed E-state index contributed by atoms with van der Waals surface area (Å²) in [5.41, 5.74) is 16.2. The van der Waals surface area contributed by atoms with E-state index in [0.717, 1.165) is 66.3 Å². The van der Waals surface area contributed by atoms with Crippen molar-refractivity contribution >= 4 is 31.9 Å². The zero-order valence-corrected chi connectivity index (χ0v) is 28.0. The van der Waals surface area contributed by atoms with E-state index in [9.17, 15) is 0 Å². The summed E-state index contributed by atoms with van der Waals surface area (Å²) in [6.07, 6.45) is 0. The predicted molar refractivity (Wildman–Crippen MR) is 195 cm³/mol. The molecule has 0 amide bonds. The van der Waals surface area contributed by atoms with Crippen LogP contribution in [0.4, 0.5) is 0 Å². The molecule has 6 aromatic carbocycles. The van der Waals surface area contributed by atoms with Crippen LogP contribution < -0.4 is 0 Å². The standard InChI is InChI=1S/C42H32Br2/c1-29-9-17-33(18-10-29)37-5-3-7-39(35-21-13-31(27-43)14-22-35)41(37)25-26-42-38(34-19-11-30(2)12-20-34)6-4-8-40(42)36-23-15-32(28-44)16-24-36/h3-24H,27-28H2,1-2H3. The maximum atomic E-state index is 3.73. The lowest BCUT2D eigenvalue weighted by molar-refractivity contribution is 1.43. The van der Waals surface area contributed by atoms with Crippen LogP contribution in [0, 0.1) is 25.7 Å². The van der Waals surface area contributed by atoms with E-state index >= 15 is 0 Å². The predicted octanol–water partition coefficient (Wildman–Crippen LogP) is 12.2. The normalized spacial score (nSPS) is 10.7. The van der Waals surface area contributed by atoms with Crippen molar-refractivity contribution in [3.63, 3.8) is 0 Å². The second-order valence-electron chi connectivity index (χ2n) is 11.1. The third-order valence-electron chi connectivity index (χ3n) is 8.01. The van der Waals surface area contributed by atoms with Gasteiger partial charge in [0.15, 0.2) is 0 Å². The molecule has 0 N–H and O–H groups in total. The van der Waals surface area contributed by atoms with Gasteiger partial charge in [0.2, 0.25) is 0 Å². The first-order chi connectivity index (χ1) is 21.5. The third kappa shape index (κ3) is 6.51. The van der Waals surface area contributed by atoms with E-state index in [1.54, 1.807) is 0 Å². The molecule has 0 aliphatic heterocycles. The summed E-state index contributed by atoms with van der Waals surface area (Å²) in [4.78, 5) is 0. The fourth-order valence-electron chi connectivity index (χ4n) is 5.47. The maximum Gasteiger partial charge on any atom is 0.0405 e. The van der Waals surface area contributed by atoms with Gasteiger partial charge in [-0.1, -0.05) is 188 Å². The molecule has 0 heterocycles. The second-order valence-corrected chi connectivity index (χ2v) is 12.2. The van der Waals surface area contributed by atoms with E-state index in [1.165, 1.54) is 22.3 Å². The number of benzene rings is 6. The summed E-state index contributed by atoms with van der Waals surface area (Å²) in [7, 11) is 0. The summed E-state index contributed by atoms with van der Waals surface area (Å²) < 4.78 is 0. The van der Waals surface area contributed by atoms with E-state index in [1.807, 2.05) is 0 Å². The molecule has 0 saturated carbocycles. The first-order valence-corrected chi connectivity index (χ1v) is 17.0. The number of rotatable bonds is 6. The molecule has 0 aliphatic rings. The van der Waals surface area contributed by atoms with Gasteiger partial charge in [-0.05, 0) is 69.5 Å². The van der Waals surface area contributed by atoms with Crippen LogP contribution in [-0.4, -0.2) is 0 Å². The maximum absolute atomic E-state index is 3.73. The van der Waals surface area contributed by atoms with Crippen LogP contribution in [-0.2, 0) is 10.7 Å². The minimum atomic E-state index is 0.832. The van der Waals surface area contributed by atoms with Crippen LogP contribution in [0.15, 0.2) is 133 Å². The first-order valence-electron chi connectivity index (χ1n) is 14.8.